The van der Waals surface area contributed by atoms with E-state index in [2.05, 4.69) is 45.3 Å². The first kappa shape index (κ1) is 15.0. The van der Waals surface area contributed by atoms with Crippen molar-refractivity contribution in [3.05, 3.63) is 29.8 Å². The lowest BCUT2D eigenvalue weighted by Gasteiger charge is -2.30. The molecule has 0 aromatic heterocycles. The van der Waals surface area contributed by atoms with Gasteiger partial charge in [0.05, 0.1) is 24.0 Å². The molecule has 0 aliphatic carbocycles. The number of nitrogens with one attached hydrogen (secondary N) is 1. The van der Waals surface area contributed by atoms with E-state index in [9.17, 15) is 5.26 Å². The third-order valence-corrected chi connectivity index (χ3v) is 3.28. The van der Waals surface area contributed by atoms with Gasteiger partial charge in [-0.25, -0.2) is 0 Å². The fourth-order valence-corrected chi connectivity index (χ4v) is 1.43. The normalized spacial score (nSPS) is 12.3. The SMILES string of the molecule is CC(NCN(C#N)c1ccc(C#N)cc1)C(C)(C)C. The summed E-state index contributed by atoms with van der Waals surface area (Å²) in [6.07, 6.45) is 2.15. The third kappa shape index (κ3) is 4.28. The summed E-state index contributed by atoms with van der Waals surface area (Å²) in [6.45, 7) is 9.03. The Morgan fingerprint density at radius 1 is 1.21 bits per heavy atom. The Kier molecular flexibility index (Phi) is 4.92. The highest BCUT2D eigenvalue weighted by atomic mass is 15.2. The van der Waals surface area contributed by atoms with E-state index < -0.39 is 0 Å². The van der Waals surface area contributed by atoms with Crippen LogP contribution in [0, 0.1) is 28.2 Å². The van der Waals surface area contributed by atoms with Crippen LogP contribution in [0.3, 0.4) is 0 Å². The molecule has 0 amide bonds. The first-order valence-electron chi connectivity index (χ1n) is 6.29. The van der Waals surface area contributed by atoms with Crippen molar-refractivity contribution < 1.29 is 0 Å². The molecule has 1 rings (SSSR count). The highest BCUT2D eigenvalue weighted by Gasteiger charge is 2.20. The van der Waals surface area contributed by atoms with Crippen LogP contribution in [0.5, 0.6) is 0 Å². The minimum absolute atomic E-state index is 0.145. The quantitative estimate of drug-likeness (QED) is 0.511. The Morgan fingerprint density at radius 3 is 2.21 bits per heavy atom. The Hall–Kier alpha value is -2.04. The van der Waals surface area contributed by atoms with E-state index in [4.69, 9.17) is 5.26 Å². The minimum Gasteiger partial charge on any atom is -0.296 e. The van der Waals surface area contributed by atoms with E-state index in [0.29, 0.717) is 18.3 Å². The van der Waals surface area contributed by atoms with E-state index in [1.807, 2.05) is 0 Å². The lowest BCUT2D eigenvalue weighted by molar-refractivity contribution is 0.289. The molecular weight excluding hydrogens is 236 g/mol. The van der Waals surface area contributed by atoms with E-state index in [1.54, 1.807) is 29.2 Å². The molecule has 0 radical (unpaired) electrons. The Morgan fingerprint density at radius 2 is 1.79 bits per heavy atom. The highest BCUT2D eigenvalue weighted by molar-refractivity contribution is 5.52. The van der Waals surface area contributed by atoms with Gasteiger partial charge in [-0.05, 0) is 36.6 Å². The van der Waals surface area contributed by atoms with Crippen LogP contribution in [0.15, 0.2) is 24.3 Å². The van der Waals surface area contributed by atoms with Crippen molar-refractivity contribution in [2.75, 3.05) is 11.6 Å². The fourth-order valence-electron chi connectivity index (χ4n) is 1.43. The largest absolute Gasteiger partial charge is 0.296 e. The first-order valence-corrected chi connectivity index (χ1v) is 6.29. The Bertz CT molecular complexity index is 485. The molecule has 0 aliphatic heterocycles. The molecule has 1 atom stereocenters. The van der Waals surface area contributed by atoms with Gasteiger partial charge in [-0.1, -0.05) is 20.8 Å². The lowest BCUT2D eigenvalue weighted by atomic mass is 9.88. The van der Waals surface area contributed by atoms with Crippen LogP contribution in [0.4, 0.5) is 5.69 Å². The van der Waals surface area contributed by atoms with E-state index >= 15 is 0 Å². The van der Waals surface area contributed by atoms with Crippen molar-refractivity contribution >= 4 is 5.69 Å². The molecule has 0 aliphatic rings. The van der Waals surface area contributed by atoms with Crippen LogP contribution in [0.25, 0.3) is 0 Å². The number of nitrogens with zero attached hydrogens (tertiary/aromatic N) is 3. The summed E-state index contributed by atoms with van der Waals surface area (Å²) in [7, 11) is 0. The predicted molar refractivity (Wildman–Crippen MR) is 76.2 cm³/mol. The lowest BCUT2D eigenvalue weighted by Crippen LogP contribution is -2.43. The maximum Gasteiger partial charge on any atom is 0.185 e. The second kappa shape index (κ2) is 6.22. The molecule has 1 N–H and O–H groups in total. The van der Waals surface area contributed by atoms with Crippen LogP contribution in [0.1, 0.15) is 33.3 Å². The molecule has 0 saturated heterocycles. The fraction of sp³-hybridized carbons (Fsp3) is 0.467. The zero-order valence-electron chi connectivity index (χ0n) is 11.9. The molecule has 0 spiro atoms. The predicted octanol–water partition coefficient (Wildman–Crippen LogP) is 2.83. The average molecular weight is 256 g/mol. The third-order valence-electron chi connectivity index (χ3n) is 3.28. The van der Waals surface area contributed by atoms with Crippen molar-refractivity contribution in [3.63, 3.8) is 0 Å². The van der Waals surface area contributed by atoms with Crippen molar-refractivity contribution in [3.8, 4) is 12.3 Å². The van der Waals surface area contributed by atoms with Crippen molar-refractivity contribution in [2.24, 2.45) is 5.41 Å². The minimum atomic E-state index is 0.145. The van der Waals surface area contributed by atoms with E-state index in [1.165, 1.54) is 0 Å². The van der Waals surface area contributed by atoms with Crippen molar-refractivity contribution in [1.29, 1.82) is 10.5 Å². The van der Waals surface area contributed by atoms with Gasteiger partial charge in [-0.15, -0.1) is 0 Å². The van der Waals surface area contributed by atoms with Gasteiger partial charge >= 0.3 is 0 Å². The van der Waals surface area contributed by atoms with E-state index in [-0.39, 0.29) is 5.41 Å². The van der Waals surface area contributed by atoms with Gasteiger partial charge in [-0.2, -0.15) is 10.5 Å². The van der Waals surface area contributed by atoms with Crippen LogP contribution in [-0.4, -0.2) is 12.7 Å². The van der Waals surface area contributed by atoms with Crippen molar-refractivity contribution in [1.82, 2.24) is 5.32 Å². The number of benzene rings is 1. The monoisotopic (exact) mass is 256 g/mol. The zero-order chi connectivity index (χ0) is 14.5. The van der Waals surface area contributed by atoms with E-state index in [0.717, 1.165) is 5.69 Å². The standard InChI is InChI=1S/C15H20N4/c1-12(15(2,3)4)18-11-19(10-17)14-7-5-13(9-16)6-8-14/h5-8,12,18H,11H2,1-4H3. The Balaban J connectivity index is 2.69. The summed E-state index contributed by atoms with van der Waals surface area (Å²) in [5.41, 5.74) is 1.53. The maximum atomic E-state index is 9.19. The number of nitriles is 2. The van der Waals surface area contributed by atoms with Gasteiger partial charge in [0.1, 0.15) is 0 Å². The second-order valence-corrected chi connectivity index (χ2v) is 5.64. The van der Waals surface area contributed by atoms with Crippen LogP contribution in [0.2, 0.25) is 0 Å². The Labute approximate surface area is 115 Å². The number of anilines is 1. The molecule has 19 heavy (non-hydrogen) atoms. The summed E-state index contributed by atoms with van der Waals surface area (Å²) >= 11 is 0. The molecule has 100 valence electrons. The number of rotatable bonds is 4. The second-order valence-electron chi connectivity index (χ2n) is 5.64. The van der Waals surface area contributed by atoms with Gasteiger partial charge in [0.15, 0.2) is 6.19 Å². The highest BCUT2D eigenvalue weighted by Crippen LogP contribution is 2.19. The summed E-state index contributed by atoms with van der Waals surface area (Å²) in [5.74, 6) is 0. The summed E-state index contributed by atoms with van der Waals surface area (Å²) < 4.78 is 0. The number of hydrogen-bond acceptors (Lipinski definition) is 4. The average Bonchev–Trinajstić information content (AvgIpc) is 2.38. The smallest absolute Gasteiger partial charge is 0.185 e. The molecule has 4 heteroatoms. The van der Waals surface area contributed by atoms with Gasteiger partial charge in [0.2, 0.25) is 0 Å². The van der Waals surface area contributed by atoms with Crippen molar-refractivity contribution in [2.45, 2.75) is 33.7 Å². The zero-order valence-corrected chi connectivity index (χ0v) is 11.9. The maximum absolute atomic E-state index is 9.19. The molecular formula is C15H20N4. The summed E-state index contributed by atoms with van der Waals surface area (Å²) in [6, 6.07) is 9.35. The molecule has 1 unspecified atom stereocenters. The molecule has 1 aromatic carbocycles. The number of hydrogen-bond donors (Lipinski definition) is 1. The summed E-state index contributed by atoms with van der Waals surface area (Å²) in [4.78, 5) is 1.57. The van der Waals surface area contributed by atoms with Crippen LogP contribution >= 0.6 is 0 Å². The molecule has 1 aromatic rings. The van der Waals surface area contributed by atoms with Gasteiger partial charge in [0, 0.05) is 6.04 Å². The van der Waals surface area contributed by atoms with Crippen LogP contribution < -0.4 is 10.2 Å². The van der Waals surface area contributed by atoms with Gasteiger partial charge in [0.25, 0.3) is 0 Å². The van der Waals surface area contributed by atoms with Gasteiger partial charge in [-0.3, -0.25) is 10.2 Å². The molecule has 0 saturated carbocycles. The topological polar surface area (TPSA) is 62.9 Å². The molecule has 4 nitrogen and oxygen atoms in total. The molecule has 0 bridgehead atoms. The summed E-state index contributed by atoms with van der Waals surface area (Å²) in [5, 5.41) is 21.3. The van der Waals surface area contributed by atoms with Gasteiger partial charge < -0.3 is 0 Å². The first-order chi connectivity index (χ1) is 8.88. The molecule has 0 fully saturated rings. The molecule has 0 heterocycles. The van der Waals surface area contributed by atoms with Crippen LogP contribution in [-0.2, 0) is 0 Å².